The van der Waals surface area contributed by atoms with Gasteiger partial charge in [0.15, 0.2) is 0 Å². The van der Waals surface area contributed by atoms with Gasteiger partial charge in [-0.1, -0.05) is 24.3 Å². The quantitative estimate of drug-likeness (QED) is 0.200. The van der Waals surface area contributed by atoms with E-state index in [1.807, 2.05) is 121 Å². The van der Waals surface area contributed by atoms with Gasteiger partial charge < -0.3 is 0 Å². The van der Waals surface area contributed by atoms with Gasteiger partial charge in [-0.3, -0.25) is 0 Å². The predicted molar refractivity (Wildman–Crippen MR) is 124 cm³/mol. The van der Waals surface area contributed by atoms with Crippen LogP contribution in [-0.2, 0) is 21.1 Å². The van der Waals surface area contributed by atoms with Gasteiger partial charge in [0.05, 0.1) is 0 Å². The molecule has 0 atom stereocenters. The molecule has 0 fully saturated rings. The second kappa shape index (κ2) is 17.2. The van der Waals surface area contributed by atoms with Crippen LogP contribution in [0, 0.1) is 27.7 Å². The number of rotatable bonds is 0. The zero-order valence-electron chi connectivity index (χ0n) is 16.8. The van der Waals surface area contributed by atoms with E-state index < -0.39 is 0 Å². The van der Waals surface area contributed by atoms with E-state index in [0.29, 0.717) is 0 Å². The van der Waals surface area contributed by atoms with E-state index in [-0.39, 0.29) is 21.1 Å². The van der Waals surface area contributed by atoms with Crippen LogP contribution in [-0.4, -0.2) is 0 Å². The molecule has 0 saturated carbocycles. The zero-order chi connectivity index (χ0) is 20.5. The minimum absolute atomic E-state index is 0. The van der Waals surface area contributed by atoms with Crippen molar-refractivity contribution < 1.29 is 21.1 Å². The maximum atomic E-state index is 3.72. The molecular weight excluding hydrogens is 520 g/mol. The molecule has 0 N–H and O–H groups in total. The molecule has 0 bridgehead atoms. The van der Waals surface area contributed by atoms with Crippen molar-refractivity contribution >= 4 is 0 Å². The molecule has 0 aromatic heterocycles. The van der Waals surface area contributed by atoms with Crippen molar-refractivity contribution in [2.24, 2.45) is 0 Å². The van der Waals surface area contributed by atoms with E-state index in [2.05, 4.69) is 27.7 Å². The smallest absolute Gasteiger partial charge is 0 e. The zero-order valence-corrected chi connectivity index (χ0v) is 19.7. The molecule has 0 spiro atoms. The summed E-state index contributed by atoms with van der Waals surface area (Å²) in [6, 6.07) is 39.5. The molecule has 0 heterocycles. The molecule has 29 heavy (non-hydrogen) atoms. The third-order valence-electron chi connectivity index (χ3n) is 3.37. The first kappa shape index (κ1) is 26.0. The van der Waals surface area contributed by atoms with Crippen LogP contribution in [0.2, 0.25) is 0 Å². The normalized spacial score (nSPS) is 8.28. The molecule has 0 saturated heterocycles. The van der Waals surface area contributed by atoms with Crippen LogP contribution in [0.4, 0.5) is 0 Å². The second-order valence-corrected chi connectivity index (χ2v) is 5.94. The Morgan fingerprint density at radius 1 is 0.276 bits per heavy atom. The third kappa shape index (κ3) is 15.8. The van der Waals surface area contributed by atoms with Crippen LogP contribution in [0.25, 0.3) is 0 Å². The Bertz CT molecular complexity index is 676. The monoisotopic (exact) mass is 548 g/mol. The Labute approximate surface area is 191 Å². The summed E-state index contributed by atoms with van der Waals surface area (Å²) >= 11 is 0. The first-order valence-electron chi connectivity index (χ1n) is 9.06. The Hall–Kier alpha value is -2.95. The van der Waals surface area contributed by atoms with Crippen molar-refractivity contribution in [3.05, 3.63) is 171 Å². The molecule has 0 aliphatic carbocycles. The fraction of sp³-hybridized carbons (Fsp3) is 0. The summed E-state index contributed by atoms with van der Waals surface area (Å²) in [5.41, 5.74) is 4.29. The molecule has 0 aliphatic heterocycles. The molecule has 0 radical (unpaired) electrons. The molecule has 4 rings (SSSR count). The molecule has 1 heteroatoms. The van der Waals surface area contributed by atoms with Gasteiger partial charge in [-0.25, -0.2) is 0 Å². The van der Waals surface area contributed by atoms with Crippen LogP contribution in [0.5, 0.6) is 0 Å². The van der Waals surface area contributed by atoms with Crippen molar-refractivity contribution in [3.63, 3.8) is 0 Å². The summed E-state index contributed by atoms with van der Waals surface area (Å²) in [6.45, 7) is 14.9. The van der Waals surface area contributed by atoms with Crippen molar-refractivity contribution in [1.82, 2.24) is 0 Å². The summed E-state index contributed by atoms with van der Waals surface area (Å²) in [7, 11) is 0. The van der Waals surface area contributed by atoms with E-state index >= 15 is 0 Å². The van der Waals surface area contributed by atoms with Gasteiger partial charge >= 0.3 is 0 Å². The van der Waals surface area contributed by atoms with E-state index in [0.717, 1.165) is 22.3 Å². The van der Waals surface area contributed by atoms with Crippen molar-refractivity contribution in [3.8, 4) is 0 Å². The van der Waals surface area contributed by atoms with Gasteiger partial charge in [-0.05, 0) is 0 Å². The SMILES string of the molecule is [CH2-]c1ccccc1.[CH2-]c1ccccc1.[CH2-]c1ccccc1.[CH2-]c1ccccc1.[W]. The fourth-order valence-electron chi connectivity index (χ4n) is 1.91. The maximum Gasteiger partial charge on any atom is 0 e. The summed E-state index contributed by atoms with van der Waals surface area (Å²) < 4.78 is 0. The minimum atomic E-state index is 0. The molecule has 0 aliphatic rings. The Morgan fingerprint density at radius 3 is 0.483 bits per heavy atom. The first-order valence-corrected chi connectivity index (χ1v) is 9.06. The summed E-state index contributed by atoms with van der Waals surface area (Å²) in [5.74, 6) is 0. The van der Waals surface area contributed by atoms with E-state index in [1.54, 1.807) is 0 Å². The van der Waals surface area contributed by atoms with Crippen molar-refractivity contribution in [2.45, 2.75) is 0 Å². The Balaban J connectivity index is 0.000000356. The number of hydrogen-bond acceptors (Lipinski definition) is 0. The van der Waals surface area contributed by atoms with Gasteiger partial charge in [-0.15, -0.1) is 48.5 Å². The Kier molecular flexibility index (Phi) is 15.4. The molecular formula is C28H28W-4. The maximum absolute atomic E-state index is 3.72. The van der Waals surface area contributed by atoms with Crippen molar-refractivity contribution in [1.29, 1.82) is 0 Å². The molecule has 0 amide bonds. The van der Waals surface area contributed by atoms with E-state index in [1.165, 1.54) is 0 Å². The van der Waals surface area contributed by atoms with Crippen LogP contribution in [0.3, 0.4) is 0 Å². The largest absolute Gasteiger partial charge is 0.199 e. The predicted octanol–water partition coefficient (Wildman–Crippen LogP) is 7.47. The van der Waals surface area contributed by atoms with Gasteiger partial charge in [-0.2, -0.15) is 98.5 Å². The fourth-order valence-corrected chi connectivity index (χ4v) is 1.91. The molecule has 0 nitrogen and oxygen atoms in total. The van der Waals surface area contributed by atoms with Gasteiger partial charge in [0, 0.05) is 21.1 Å². The van der Waals surface area contributed by atoms with Gasteiger partial charge in [0.2, 0.25) is 0 Å². The van der Waals surface area contributed by atoms with E-state index in [4.69, 9.17) is 0 Å². The average molecular weight is 548 g/mol. The van der Waals surface area contributed by atoms with Crippen LogP contribution < -0.4 is 0 Å². The standard InChI is InChI=1S/4C7H7.W/c4*1-7-5-3-2-4-6-7;/h4*2-6H,1H2;/q4*-1;. The molecule has 4 aromatic carbocycles. The van der Waals surface area contributed by atoms with Crippen LogP contribution in [0.15, 0.2) is 121 Å². The summed E-state index contributed by atoms with van der Waals surface area (Å²) in [5, 5.41) is 0. The molecule has 4 aromatic rings. The molecule has 150 valence electrons. The average Bonchev–Trinajstić information content (AvgIpc) is 2.72. The van der Waals surface area contributed by atoms with Crippen LogP contribution >= 0.6 is 0 Å². The number of benzene rings is 4. The minimum Gasteiger partial charge on any atom is -0.199 e. The number of hydrogen-bond donors (Lipinski definition) is 0. The summed E-state index contributed by atoms with van der Waals surface area (Å²) in [4.78, 5) is 0. The topological polar surface area (TPSA) is 0 Å². The van der Waals surface area contributed by atoms with E-state index in [9.17, 15) is 0 Å². The summed E-state index contributed by atoms with van der Waals surface area (Å²) in [6.07, 6.45) is 0. The Morgan fingerprint density at radius 2 is 0.414 bits per heavy atom. The first-order chi connectivity index (χ1) is 13.6. The molecule has 0 unspecified atom stereocenters. The third-order valence-corrected chi connectivity index (χ3v) is 3.37. The van der Waals surface area contributed by atoms with Crippen LogP contribution in [0.1, 0.15) is 22.3 Å². The van der Waals surface area contributed by atoms with Gasteiger partial charge in [0.25, 0.3) is 0 Å². The second-order valence-electron chi connectivity index (χ2n) is 5.94. The van der Waals surface area contributed by atoms with Gasteiger partial charge in [0.1, 0.15) is 0 Å². The van der Waals surface area contributed by atoms with Crippen molar-refractivity contribution in [2.75, 3.05) is 0 Å².